The van der Waals surface area contributed by atoms with Crippen LogP contribution in [0.4, 0.5) is 4.39 Å². The van der Waals surface area contributed by atoms with Crippen LogP contribution in [0, 0.1) is 12.7 Å². The van der Waals surface area contributed by atoms with E-state index in [1.165, 1.54) is 16.8 Å². The molecule has 1 aromatic heterocycles. The highest BCUT2D eigenvalue weighted by molar-refractivity contribution is 5.31. The van der Waals surface area contributed by atoms with Crippen molar-refractivity contribution in [3.05, 3.63) is 41.7 Å². The fourth-order valence-electron chi connectivity index (χ4n) is 1.36. The first-order valence-corrected chi connectivity index (χ1v) is 4.50. The number of halogens is 1. The number of aliphatic hydroxyl groups is 1. The van der Waals surface area contributed by atoms with E-state index >= 15 is 0 Å². The van der Waals surface area contributed by atoms with Crippen molar-refractivity contribution in [1.29, 1.82) is 0 Å². The van der Waals surface area contributed by atoms with Crippen LogP contribution >= 0.6 is 0 Å². The van der Waals surface area contributed by atoms with Gasteiger partial charge in [0.15, 0.2) is 5.82 Å². The first kappa shape index (κ1) is 9.79. The SMILES string of the molecule is Cc1nc(CO)nn1-c1cccc(F)c1. The molecule has 0 fully saturated rings. The average molecular weight is 207 g/mol. The first-order chi connectivity index (χ1) is 7.20. The summed E-state index contributed by atoms with van der Waals surface area (Å²) in [6, 6.07) is 6.06. The minimum atomic E-state index is -0.326. The van der Waals surface area contributed by atoms with Gasteiger partial charge in [-0.3, -0.25) is 0 Å². The van der Waals surface area contributed by atoms with Gasteiger partial charge in [0, 0.05) is 0 Å². The van der Waals surface area contributed by atoms with E-state index in [9.17, 15) is 4.39 Å². The molecular weight excluding hydrogens is 197 g/mol. The lowest BCUT2D eigenvalue weighted by Crippen LogP contribution is -1.99. The zero-order valence-corrected chi connectivity index (χ0v) is 8.18. The van der Waals surface area contributed by atoms with Crippen molar-refractivity contribution in [3.8, 4) is 5.69 Å². The topological polar surface area (TPSA) is 50.9 Å². The molecule has 0 amide bonds. The lowest BCUT2D eigenvalue weighted by molar-refractivity contribution is 0.271. The molecule has 2 aromatic rings. The van der Waals surface area contributed by atoms with E-state index in [0.29, 0.717) is 17.3 Å². The molecule has 0 spiro atoms. The largest absolute Gasteiger partial charge is 0.388 e. The first-order valence-electron chi connectivity index (χ1n) is 4.50. The highest BCUT2D eigenvalue weighted by Crippen LogP contribution is 2.10. The molecule has 0 unspecified atom stereocenters. The van der Waals surface area contributed by atoms with Crippen molar-refractivity contribution in [1.82, 2.24) is 14.8 Å². The number of benzene rings is 1. The maximum absolute atomic E-state index is 13.0. The number of aromatic nitrogens is 3. The van der Waals surface area contributed by atoms with Crippen molar-refractivity contribution in [3.63, 3.8) is 0 Å². The molecule has 1 N–H and O–H groups in total. The van der Waals surface area contributed by atoms with Gasteiger partial charge in [-0.2, -0.15) is 0 Å². The molecule has 0 saturated carbocycles. The maximum atomic E-state index is 13.0. The summed E-state index contributed by atoms with van der Waals surface area (Å²) in [4.78, 5) is 4.01. The van der Waals surface area contributed by atoms with Crippen LogP contribution in [0.1, 0.15) is 11.6 Å². The van der Waals surface area contributed by atoms with Crippen molar-refractivity contribution >= 4 is 0 Å². The zero-order valence-electron chi connectivity index (χ0n) is 8.18. The highest BCUT2D eigenvalue weighted by Gasteiger charge is 2.07. The Bertz CT molecular complexity index is 481. The molecule has 0 radical (unpaired) electrons. The Kier molecular flexibility index (Phi) is 2.47. The molecule has 4 nitrogen and oxygen atoms in total. The fourth-order valence-corrected chi connectivity index (χ4v) is 1.36. The standard InChI is InChI=1S/C10H10FN3O/c1-7-12-10(6-15)13-14(7)9-4-2-3-8(11)5-9/h2-5,15H,6H2,1H3. The number of nitrogens with zero attached hydrogens (tertiary/aromatic N) is 3. The summed E-state index contributed by atoms with van der Waals surface area (Å²) in [6.45, 7) is 1.53. The van der Waals surface area contributed by atoms with Gasteiger partial charge in [-0.25, -0.2) is 14.1 Å². The third-order valence-corrected chi connectivity index (χ3v) is 2.01. The molecule has 1 heterocycles. The van der Waals surface area contributed by atoms with Crippen molar-refractivity contribution < 1.29 is 9.50 Å². The summed E-state index contributed by atoms with van der Waals surface area (Å²) in [5.41, 5.74) is 0.597. The Morgan fingerprint density at radius 1 is 1.47 bits per heavy atom. The molecule has 0 aliphatic rings. The molecule has 2 rings (SSSR count). The van der Waals surface area contributed by atoms with E-state index in [4.69, 9.17) is 5.11 Å². The molecule has 0 bridgehead atoms. The lowest BCUT2D eigenvalue weighted by Gasteiger charge is -2.01. The van der Waals surface area contributed by atoms with Crippen LogP contribution in [-0.2, 0) is 6.61 Å². The highest BCUT2D eigenvalue weighted by atomic mass is 19.1. The van der Waals surface area contributed by atoms with Gasteiger partial charge in [-0.1, -0.05) is 6.07 Å². The van der Waals surface area contributed by atoms with Gasteiger partial charge in [-0.05, 0) is 25.1 Å². The van der Waals surface area contributed by atoms with Crippen molar-refractivity contribution in [2.24, 2.45) is 0 Å². The molecular formula is C10H10FN3O. The van der Waals surface area contributed by atoms with Crippen LogP contribution in [0.25, 0.3) is 5.69 Å². The van der Waals surface area contributed by atoms with Crippen LogP contribution < -0.4 is 0 Å². The monoisotopic (exact) mass is 207 g/mol. The number of aliphatic hydroxyl groups excluding tert-OH is 1. The Morgan fingerprint density at radius 2 is 2.27 bits per heavy atom. The number of aryl methyl sites for hydroxylation is 1. The van der Waals surface area contributed by atoms with Gasteiger partial charge >= 0.3 is 0 Å². The van der Waals surface area contributed by atoms with Crippen LogP contribution in [0.2, 0.25) is 0 Å². The van der Waals surface area contributed by atoms with E-state index in [1.54, 1.807) is 19.1 Å². The second-order valence-corrected chi connectivity index (χ2v) is 3.13. The summed E-state index contributed by atoms with van der Waals surface area (Å²) in [6.07, 6.45) is 0. The summed E-state index contributed by atoms with van der Waals surface area (Å²) < 4.78 is 14.5. The number of hydrogen-bond donors (Lipinski definition) is 1. The Balaban J connectivity index is 2.48. The van der Waals surface area contributed by atoms with E-state index in [0.717, 1.165) is 0 Å². The molecule has 0 atom stereocenters. The third-order valence-electron chi connectivity index (χ3n) is 2.01. The number of hydrogen-bond acceptors (Lipinski definition) is 3. The second kappa shape index (κ2) is 3.78. The van der Waals surface area contributed by atoms with Crippen LogP contribution in [0.3, 0.4) is 0 Å². The molecule has 15 heavy (non-hydrogen) atoms. The van der Waals surface area contributed by atoms with E-state index in [1.807, 2.05) is 0 Å². The smallest absolute Gasteiger partial charge is 0.176 e. The van der Waals surface area contributed by atoms with Crippen LogP contribution in [-0.4, -0.2) is 19.9 Å². The van der Waals surface area contributed by atoms with Crippen LogP contribution in [0.15, 0.2) is 24.3 Å². The third kappa shape index (κ3) is 1.87. The summed E-state index contributed by atoms with van der Waals surface area (Å²) in [5, 5.41) is 12.9. The molecule has 0 aliphatic heterocycles. The Morgan fingerprint density at radius 3 is 2.87 bits per heavy atom. The van der Waals surface area contributed by atoms with Crippen LogP contribution in [0.5, 0.6) is 0 Å². The van der Waals surface area contributed by atoms with E-state index < -0.39 is 0 Å². The van der Waals surface area contributed by atoms with E-state index in [2.05, 4.69) is 10.1 Å². The second-order valence-electron chi connectivity index (χ2n) is 3.13. The summed E-state index contributed by atoms with van der Waals surface area (Å²) in [7, 11) is 0. The van der Waals surface area contributed by atoms with Crippen molar-refractivity contribution in [2.75, 3.05) is 0 Å². The Labute approximate surface area is 86.0 Å². The molecule has 0 aliphatic carbocycles. The van der Waals surface area contributed by atoms with Gasteiger partial charge in [-0.15, -0.1) is 5.10 Å². The van der Waals surface area contributed by atoms with Crippen molar-refractivity contribution in [2.45, 2.75) is 13.5 Å². The number of rotatable bonds is 2. The fraction of sp³-hybridized carbons (Fsp3) is 0.200. The van der Waals surface area contributed by atoms with Gasteiger partial charge in [0.2, 0.25) is 0 Å². The van der Waals surface area contributed by atoms with E-state index in [-0.39, 0.29) is 12.4 Å². The average Bonchev–Trinajstić information content (AvgIpc) is 2.60. The molecule has 1 aromatic carbocycles. The van der Waals surface area contributed by atoms with Gasteiger partial charge in [0.05, 0.1) is 5.69 Å². The predicted molar refractivity (Wildman–Crippen MR) is 52.0 cm³/mol. The summed E-state index contributed by atoms with van der Waals surface area (Å²) >= 11 is 0. The molecule has 0 saturated heterocycles. The van der Waals surface area contributed by atoms with Gasteiger partial charge in [0.1, 0.15) is 18.2 Å². The minimum Gasteiger partial charge on any atom is -0.388 e. The normalized spacial score (nSPS) is 10.6. The quantitative estimate of drug-likeness (QED) is 0.805. The molecule has 5 heteroatoms. The Hall–Kier alpha value is -1.75. The van der Waals surface area contributed by atoms with Gasteiger partial charge in [0.25, 0.3) is 0 Å². The summed E-state index contributed by atoms with van der Waals surface area (Å²) in [5.74, 6) is 0.620. The zero-order chi connectivity index (χ0) is 10.8. The predicted octanol–water partition coefficient (Wildman–Crippen LogP) is 1.21. The molecule has 78 valence electrons. The maximum Gasteiger partial charge on any atom is 0.176 e. The van der Waals surface area contributed by atoms with Gasteiger partial charge < -0.3 is 5.11 Å². The lowest BCUT2D eigenvalue weighted by atomic mass is 10.3. The minimum absolute atomic E-state index is 0.219.